The molecule has 4 rings (SSSR count). The van der Waals surface area contributed by atoms with E-state index in [9.17, 15) is 9.59 Å². The lowest BCUT2D eigenvalue weighted by molar-refractivity contribution is 0.0914. The summed E-state index contributed by atoms with van der Waals surface area (Å²) in [6, 6.07) is 13.6. The fraction of sp³-hybridized carbons (Fsp3) is 0.400. The van der Waals surface area contributed by atoms with Crippen LogP contribution in [0.4, 0.5) is 0 Å². The predicted molar refractivity (Wildman–Crippen MR) is 97.6 cm³/mol. The summed E-state index contributed by atoms with van der Waals surface area (Å²) in [5, 5.41) is 3.09. The van der Waals surface area contributed by atoms with Gasteiger partial charge in [0.25, 0.3) is 11.5 Å². The molecular formula is C20H23N3O2. The Balaban J connectivity index is 1.50. The summed E-state index contributed by atoms with van der Waals surface area (Å²) in [6.07, 6.45) is 4.57. The Kier molecular flexibility index (Phi) is 4.40. The zero-order chi connectivity index (χ0) is 17.2. The molecule has 25 heavy (non-hydrogen) atoms. The van der Waals surface area contributed by atoms with Gasteiger partial charge in [0.15, 0.2) is 0 Å². The molecule has 1 aromatic carbocycles. The van der Waals surface area contributed by atoms with Gasteiger partial charge in [0.2, 0.25) is 0 Å². The third kappa shape index (κ3) is 3.24. The standard InChI is InChI=1S/C20H23N3O2/c24-19-15(9-10-16(21-19)14-6-2-1-3-7-14)20(25)22-17-11-13-23-12-5-4-8-18(17)23/h1-3,6-7,9-10,17-18H,4-5,8,11-13H2,(H,21,24)(H,22,25)/t17-,18+/m1/s1. The van der Waals surface area contributed by atoms with Crippen molar-refractivity contribution in [2.45, 2.75) is 37.8 Å². The van der Waals surface area contributed by atoms with E-state index in [1.807, 2.05) is 30.3 Å². The van der Waals surface area contributed by atoms with Crippen LogP contribution >= 0.6 is 0 Å². The number of aromatic nitrogens is 1. The molecule has 5 nitrogen and oxygen atoms in total. The molecule has 2 saturated heterocycles. The number of aromatic amines is 1. The van der Waals surface area contributed by atoms with Crippen LogP contribution in [-0.2, 0) is 0 Å². The number of carbonyl (C=O) groups is 1. The monoisotopic (exact) mass is 337 g/mol. The molecule has 3 heterocycles. The van der Waals surface area contributed by atoms with Gasteiger partial charge in [-0.05, 0) is 43.5 Å². The van der Waals surface area contributed by atoms with Crippen LogP contribution < -0.4 is 10.9 Å². The van der Waals surface area contributed by atoms with Crippen molar-refractivity contribution in [2.75, 3.05) is 13.1 Å². The van der Waals surface area contributed by atoms with Gasteiger partial charge in [0.1, 0.15) is 5.56 Å². The Labute approximate surface area is 147 Å². The molecule has 1 amide bonds. The van der Waals surface area contributed by atoms with Crippen molar-refractivity contribution in [3.05, 3.63) is 58.4 Å². The number of benzene rings is 1. The van der Waals surface area contributed by atoms with E-state index in [2.05, 4.69) is 15.2 Å². The van der Waals surface area contributed by atoms with E-state index in [1.54, 1.807) is 12.1 Å². The first-order valence-corrected chi connectivity index (χ1v) is 9.06. The minimum absolute atomic E-state index is 0.154. The van der Waals surface area contributed by atoms with Crippen LogP contribution in [0.15, 0.2) is 47.3 Å². The Hall–Kier alpha value is -2.40. The highest BCUT2D eigenvalue weighted by Gasteiger charge is 2.36. The van der Waals surface area contributed by atoms with E-state index < -0.39 is 0 Å². The Morgan fingerprint density at radius 1 is 1.04 bits per heavy atom. The lowest BCUT2D eigenvalue weighted by Gasteiger charge is -2.32. The highest BCUT2D eigenvalue weighted by molar-refractivity contribution is 5.94. The summed E-state index contributed by atoms with van der Waals surface area (Å²) >= 11 is 0. The lowest BCUT2D eigenvalue weighted by Crippen LogP contribution is -2.47. The van der Waals surface area contributed by atoms with E-state index in [4.69, 9.17) is 0 Å². The molecule has 130 valence electrons. The summed E-state index contributed by atoms with van der Waals surface area (Å²) in [7, 11) is 0. The average molecular weight is 337 g/mol. The second kappa shape index (κ2) is 6.84. The molecule has 0 unspecified atom stereocenters. The van der Waals surface area contributed by atoms with Crippen molar-refractivity contribution in [1.29, 1.82) is 0 Å². The highest BCUT2D eigenvalue weighted by atomic mass is 16.2. The first-order valence-electron chi connectivity index (χ1n) is 9.06. The van der Waals surface area contributed by atoms with Crippen LogP contribution in [0.1, 0.15) is 36.0 Å². The number of rotatable bonds is 3. The summed E-state index contributed by atoms with van der Waals surface area (Å²) < 4.78 is 0. The van der Waals surface area contributed by atoms with Gasteiger partial charge in [0.05, 0.1) is 0 Å². The van der Waals surface area contributed by atoms with E-state index in [-0.39, 0.29) is 23.1 Å². The number of piperidine rings is 1. The van der Waals surface area contributed by atoms with E-state index >= 15 is 0 Å². The number of pyridine rings is 1. The van der Waals surface area contributed by atoms with Crippen LogP contribution in [0.5, 0.6) is 0 Å². The topological polar surface area (TPSA) is 65.2 Å². The molecule has 5 heteroatoms. The average Bonchev–Trinajstić information content (AvgIpc) is 3.05. The summed E-state index contributed by atoms with van der Waals surface area (Å²) in [5.41, 5.74) is 1.51. The van der Waals surface area contributed by atoms with Gasteiger partial charge in [-0.25, -0.2) is 0 Å². The number of hydrogen-bond donors (Lipinski definition) is 2. The van der Waals surface area contributed by atoms with Crippen molar-refractivity contribution in [3.63, 3.8) is 0 Å². The lowest BCUT2D eigenvalue weighted by atomic mass is 9.99. The van der Waals surface area contributed by atoms with Crippen molar-refractivity contribution in [2.24, 2.45) is 0 Å². The van der Waals surface area contributed by atoms with Crippen LogP contribution in [0, 0.1) is 0 Å². The van der Waals surface area contributed by atoms with Crippen LogP contribution in [0.2, 0.25) is 0 Å². The van der Waals surface area contributed by atoms with Crippen molar-refractivity contribution in [3.8, 4) is 11.3 Å². The second-order valence-electron chi connectivity index (χ2n) is 6.95. The number of fused-ring (bicyclic) bond motifs is 1. The highest BCUT2D eigenvalue weighted by Crippen LogP contribution is 2.27. The maximum Gasteiger partial charge on any atom is 0.261 e. The largest absolute Gasteiger partial charge is 0.348 e. The van der Waals surface area contributed by atoms with Crippen molar-refractivity contribution in [1.82, 2.24) is 15.2 Å². The molecular weight excluding hydrogens is 314 g/mol. The first kappa shape index (κ1) is 16.1. The number of nitrogens with one attached hydrogen (secondary N) is 2. The number of carbonyl (C=O) groups excluding carboxylic acids is 1. The van der Waals surface area contributed by atoms with Crippen LogP contribution in [-0.4, -0.2) is 41.0 Å². The Bertz CT molecular complexity index is 815. The molecule has 2 N–H and O–H groups in total. The van der Waals surface area contributed by atoms with E-state index in [0.29, 0.717) is 6.04 Å². The third-order valence-corrected chi connectivity index (χ3v) is 5.41. The smallest absolute Gasteiger partial charge is 0.261 e. The van der Waals surface area contributed by atoms with E-state index in [0.717, 1.165) is 37.2 Å². The molecule has 0 bridgehead atoms. The number of hydrogen-bond acceptors (Lipinski definition) is 3. The van der Waals surface area contributed by atoms with Gasteiger partial charge in [-0.15, -0.1) is 0 Å². The Morgan fingerprint density at radius 2 is 1.88 bits per heavy atom. The normalized spacial score (nSPS) is 23.2. The fourth-order valence-corrected chi connectivity index (χ4v) is 4.10. The van der Waals surface area contributed by atoms with Crippen molar-refractivity contribution >= 4 is 5.91 Å². The molecule has 0 radical (unpaired) electrons. The Morgan fingerprint density at radius 3 is 2.68 bits per heavy atom. The minimum Gasteiger partial charge on any atom is -0.348 e. The molecule has 2 aliphatic rings. The number of amides is 1. The maximum absolute atomic E-state index is 12.6. The van der Waals surface area contributed by atoms with Gasteiger partial charge >= 0.3 is 0 Å². The third-order valence-electron chi connectivity index (χ3n) is 5.41. The second-order valence-corrected chi connectivity index (χ2v) is 6.95. The quantitative estimate of drug-likeness (QED) is 0.904. The van der Waals surface area contributed by atoms with Gasteiger partial charge in [0, 0.05) is 24.3 Å². The zero-order valence-corrected chi connectivity index (χ0v) is 14.2. The number of nitrogens with zero attached hydrogens (tertiary/aromatic N) is 1. The molecule has 0 saturated carbocycles. The van der Waals surface area contributed by atoms with Crippen LogP contribution in [0.25, 0.3) is 11.3 Å². The molecule has 1 aromatic heterocycles. The van der Waals surface area contributed by atoms with Crippen LogP contribution in [0.3, 0.4) is 0 Å². The van der Waals surface area contributed by atoms with Gasteiger partial charge in [-0.3, -0.25) is 14.5 Å². The SMILES string of the molecule is O=C(N[C@@H]1CCN2CCCC[C@@H]12)c1ccc(-c2ccccc2)[nH]c1=O. The molecule has 2 fully saturated rings. The summed E-state index contributed by atoms with van der Waals surface area (Å²) in [4.78, 5) is 30.3. The van der Waals surface area contributed by atoms with Gasteiger partial charge in [-0.1, -0.05) is 36.8 Å². The maximum atomic E-state index is 12.6. The van der Waals surface area contributed by atoms with E-state index in [1.165, 1.54) is 12.8 Å². The van der Waals surface area contributed by atoms with Gasteiger partial charge < -0.3 is 10.3 Å². The molecule has 2 aromatic rings. The minimum atomic E-state index is -0.336. The summed E-state index contributed by atoms with van der Waals surface area (Å²) in [6.45, 7) is 2.17. The van der Waals surface area contributed by atoms with Gasteiger partial charge in [-0.2, -0.15) is 0 Å². The first-order chi connectivity index (χ1) is 12.2. The number of H-pyrrole nitrogens is 1. The molecule has 0 aliphatic carbocycles. The zero-order valence-electron chi connectivity index (χ0n) is 14.2. The molecule has 2 aliphatic heterocycles. The predicted octanol–water partition coefficient (Wildman–Crippen LogP) is 2.40. The molecule has 2 atom stereocenters. The fourth-order valence-electron chi connectivity index (χ4n) is 4.10. The summed E-state index contributed by atoms with van der Waals surface area (Å²) in [5.74, 6) is -0.265. The van der Waals surface area contributed by atoms with Crippen molar-refractivity contribution < 1.29 is 4.79 Å². The molecule has 0 spiro atoms.